The molecule has 0 saturated carbocycles. The highest BCUT2D eigenvalue weighted by atomic mass is 31.0. The van der Waals surface area contributed by atoms with Crippen molar-refractivity contribution < 1.29 is 0 Å². The maximum atomic E-state index is 3.81. The van der Waals surface area contributed by atoms with Crippen LogP contribution >= 0.6 is 9.24 Å². The molecule has 57 valence electrons. The van der Waals surface area contributed by atoms with Gasteiger partial charge in [0.1, 0.15) is 7.28 Å². The van der Waals surface area contributed by atoms with Crippen LogP contribution in [0.1, 0.15) is 13.3 Å². The molecule has 0 aliphatic carbocycles. The van der Waals surface area contributed by atoms with Gasteiger partial charge < -0.3 is 0 Å². The van der Waals surface area contributed by atoms with Crippen molar-refractivity contribution in [1.29, 1.82) is 0 Å². The van der Waals surface area contributed by atoms with Crippen LogP contribution in [-0.2, 0) is 0 Å². The fraction of sp³-hybridized carbons (Fsp3) is 0.750. The monoisotopic (exact) mass is 155 g/mol. The Balaban J connectivity index is 3.50. The lowest BCUT2D eigenvalue weighted by molar-refractivity contribution is 0.620. The molecule has 0 aromatic carbocycles. The molecule has 0 spiro atoms. The zero-order valence-corrected chi connectivity index (χ0v) is 8.16. The highest BCUT2D eigenvalue weighted by molar-refractivity contribution is 7.17. The standard InChI is InChI=1S/C8H17BP/c1-4-8(7(2)10)5-6-9-3/h4,7-8H,1,5-6,10H2,2-3H3. The number of allylic oxidation sites excluding steroid dienone is 1. The van der Waals surface area contributed by atoms with E-state index < -0.39 is 0 Å². The van der Waals surface area contributed by atoms with Crippen LogP contribution in [0, 0.1) is 5.92 Å². The summed E-state index contributed by atoms with van der Waals surface area (Å²) in [5.41, 5.74) is 0.664. The van der Waals surface area contributed by atoms with Crippen LogP contribution in [0.15, 0.2) is 12.7 Å². The molecular formula is C8H17BP. The van der Waals surface area contributed by atoms with Crippen molar-refractivity contribution in [2.45, 2.75) is 32.1 Å². The molecule has 0 aliphatic rings. The third-order valence-electron chi connectivity index (χ3n) is 1.77. The van der Waals surface area contributed by atoms with Crippen molar-refractivity contribution in [2.24, 2.45) is 5.92 Å². The highest BCUT2D eigenvalue weighted by Gasteiger charge is 2.07. The molecule has 0 amide bonds. The van der Waals surface area contributed by atoms with Gasteiger partial charge >= 0.3 is 0 Å². The predicted octanol–water partition coefficient (Wildman–Crippen LogP) is 2.61. The van der Waals surface area contributed by atoms with Gasteiger partial charge in [0.25, 0.3) is 0 Å². The van der Waals surface area contributed by atoms with Crippen LogP contribution in [-0.4, -0.2) is 12.9 Å². The Morgan fingerprint density at radius 3 is 2.60 bits per heavy atom. The molecule has 0 fully saturated rings. The van der Waals surface area contributed by atoms with Crippen LogP contribution < -0.4 is 0 Å². The van der Waals surface area contributed by atoms with Gasteiger partial charge in [0.15, 0.2) is 0 Å². The minimum absolute atomic E-state index is 0.664. The van der Waals surface area contributed by atoms with Crippen molar-refractivity contribution in [3.63, 3.8) is 0 Å². The summed E-state index contributed by atoms with van der Waals surface area (Å²) in [6, 6.07) is 0. The zero-order valence-electron chi connectivity index (χ0n) is 7.01. The molecule has 0 aromatic rings. The van der Waals surface area contributed by atoms with E-state index in [2.05, 4.69) is 42.9 Å². The van der Waals surface area contributed by atoms with Gasteiger partial charge in [0, 0.05) is 0 Å². The van der Waals surface area contributed by atoms with Crippen molar-refractivity contribution in [1.82, 2.24) is 0 Å². The van der Waals surface area contributed by atoms with E-state index in [-0.39, 0.29) is 0 Å². The largest absolute Gasteiger partial charge is 0.134 e. The van der Waals surface area contributed by atoms with Gasteiger partial charge in [-0.05, 0) is 11.6 Å². The van der Waals surface area contributed by atoms with Gasteiger partial charge in [0.2, 0.25) is 0 Å². The predicted molar refractivity (Wildman–Crippen MR) is 53.9 cm³/mol. The first-order valence-electron chi connectivity index (χ1n) is 3.88. The van der Waals surface area contributed by atoms with Crippen molar-refractivity contribution in [3.8, 4) is 0 Å². The SMILES string of the molecule is C=CC(CC[B]C)C(C)P. The van der Waals surface area contributed by atoms with E-state index in [0.717, 1.165) is 0 Å². The molecule has 0 N–H and O–H groups in total. The number of rotatable bonds is 5. The third kappa shape index (κ3) is 4.11. The summed E-state index contributed by atoms with van der Waals surface area (Å²) in [5.74, 6) is 0.668. The van der Waals surface area contributed by atoms with Gasteiger partial charge in [-0.3, -0.25) is 0 Å². The van der Waals surface area contributed by atoms with Gasteiger partial charge in [-0.25, -0.2) is 0 Å². The summed E-state index contributed by atoms with van der Waals surface area (Å²) in [6.07, 6.45) is 4.50. The fourth-order valence-electron chi connectivity index (χ4n) is 0.955. The van der Waals surface area contributed by atoms with E-state index >= 15 is 0 Å². The third-order valence-corrected chi connectivity index (χ3v) is 2.26. The maximum absolute atomic E-state index is 3.81. The molecule has 1 radical (unpaired) electrons. The Bertz CT molecular complexity index is 91.3. The maximum Gasteiger partial charge on any atom is 0.105 e. The van der Waals surface area contributed by atoms with Gasteiger partial charge in [-0.1, -0.05) is 32.6 Å². The lowest BCUT2D eigenvalue weighted by Gasteiger charge is -2.14. The second kappa shape index (κ2) is 5.98. The van der Waals surface area contributed by atoms with Crippen LogP contribution in [0.3, 0.4) is 0 Å². The second-order valence-electron chi connectivity index (χ2n) is 2.74. The van der Waals surface area contributed by atoms with Crippen molar-refractivity contribution in [3.05, 3.63) is 12.7 Å². The van der Waals surface area contributed by atoms with Crippen LogP contribution in [0.2, 0.25) is 13.1 Å². The molecule has 0 heterocycles. The summed E-state index contributed by atoms with van der Waals surface area (Å²) in [5, 5.41) is 0. The summed E-state index contributed by atoms with van der Waals surface area (Å²) in [4.78, 5) is 0. The van der Waals surface area contributed by atoms with Crippen LogP contribution in [0.25, 0.3) is 0 Å². The van der Waals surface area contributed by atoms with Gasteiger partial charge in [-0.15, -0.1) is 15.8 Å². The lowest BCUT2D eigenvalue weighted by atomic mass is 9.74. The molecule has 0 bridgehead atoms. The van der Waals surface area contributed by atoms with E-state index in [1.807, 2.05) is 0 Å². The van der Waals surface area contributed by atoms with Crippen molar-refractivity contribution in [2.75, 3.05) is 0 Å². The first kappa shape index (κ1) is 10.2. The molecule has 3 atom stereocenters. The first-order chi connectivity index (χ1) is 4.72. The molecular weight excluding hydrogens is 138 g/mol. The molecule has 2 heteroatoms. The topological polar surface area (TPSA) is 0 Å². The molecule has 0 aliphatic heterocycles. The normalized spacial score (nSPS) is 15.9. The average molecular weight is 155 g/mol. The fourth-order valence-corrected chi connectivity index (χ4v) is 1.30. The Labute approximate surface area is 67.9 Å². The van der Waals surface area contributed by atoms with E-state index in [9.17, 15) is 0 Å². The molecule has 3 unspecified atom stereocenters. The zero-order chi connectivity index (χ0) is 7.98. The summed E-state index contributed by atoms with van der Waals surface area (Å²) < 4.78 is 0. The minimum Gasteiger partial charge on any atom is -0.134 e. The van der Waals surface area contributed by atoms with E-state index in [0.29, 0.717) is 11.6 Å². The summed E-state index contributed by atoms with van der Waals surface area (Å²) in [6.45, 7) is 8.13. The Morgan fingerprint density at radius 1 is 1.70 bits per heavy atom. The van der Waals surface area contributed by atoms with Gasteiger partial charge in [0.05, 0.1) is 0 Å². The minimum atomic E-state index is 0.664. The summed E-state index contributed by atoms with van der Waals surface area (Å²) in [7, 11) is 5.04. The number of hydrogen-bond acceptors (Lipinski definition) is 0. The lowest BCUT2D eigenvalue weighted by Crippen LogP contribution is -2.07. The quantitative estimate of drug-likeness (QED) is 0.325. The molecule has 0 aromatic heterocycles. The molecule has 0 saturated heterocycles. The Morgan fingerprint density at radius 2 is 2.30 bits per heavy atom. The second-order valence-corrected chi connectivity index (χ2v) is 3.80. The van der Waals surface area contributed by atoms with Crippen LogP contribution in [0.4, 0.5) is 0 Å². The smallest absolute Gasteiger partial charge is 0.105 e. The van der Waals surface area contributed by atoms with E-state index in [1.165, 1.54) is 12.7 Å². The van der Waals surface area contributed by atoms with E-state index in [1.54, 1.807) is 0 Å². The molecule has 10 heavy (non-hydrogen) atoms. The molecule has 0 nitrogen and oxygen atoms in total. The van der Waals surface area contributed by atoms with Crippen molar-refractivity contribution >= 4 is 16.5 Å². The van der Waals surface area contributed by atoms with Gasteiger partial charge in [-0.2, -0.15) is 0 Å². The Hall–Kier alpha value is 0.235. The first-order valence-corrected chi connectivity index (χ1v) is 4.55. The summed E-state index contributed by atoms with van der Waals surface area (Å²) >= 11 is 0. The highest BCUT2D eigenvalue weighted by Crippen LogP contribution is 2.18. The average Bonchev–Trinajstić information content (AvgIpc) is 1.89. The molecule has 0 rings (SSSR count). The van der Waals surface area contributed by atoms with E-state index in [4.69, 9.17) is 0 Å². The van der Waals surface area contributed by atoms with Crippen LogP contribution in [0.5, 0.6) is 0 Å². The Kier molecular flexibility index (Phi) is 6.12. The number of hydrogen-bond donors (Lipinski definition) is 0.